The molecule has 1 aromatic carbocycles. The van der Waals surface area contributed by atoms with E-state index in [4.69, 9.17) is 10.5 Å². The maximum Gasteiger partial charge on any atom is 0.332 e. The number of hydrogen-bond donors (Lipinski definition) is 2. The zero-order valence-electron chi connectivity index (χ0n) is 19.4. The van der Waals surface area contributed by atoms with Gasteiger partial charge in [-0.05, 0) is 18.9 Å². The Bertz CT molecular complexity index is 1540. The number of aromatic amines is 1. The van der Waals surface area contributed by atoms with Crippen LogP contribution in [0.5, 0.6) is 0 Å². The summed E-state index contributed by atoms with van der Waals surface area (Å²) in [5.41, 5.74) is 6.34. The first-order chi connectivity index (χ1) is 16.9. The zero-order chi connectivity index (χ0) is 24.7. The van der Waals surface area contributed by atoms with E-state index in [2.05, 4.69) is 15.2 Å². The van der Waals surface area contributed by atoms with Crippen molar-refractivity contribution in [2.45, 2.75) is 30.6 Å². The van der Waals surface area contributed by atoms with Crippen LogP contribution in [0.25, 0.3) is 22.3 Å². The summed E-state index contributed by atoms with van der Waals surface area (Å²) < 4.78 is 9.79. The van der Waals surface area contributed by atoms with Crippen LogP contribution >= 0.6 is 11.8 Å². The predicted octanol–water partition coefficient (Wildman–Crippen LogP) is 1.56. The molecule has 0 aliphatic carbocycles. The average molecular weight is 496 g/mol. The summed E-state index contributed by atoms with van der Waals surface area (Å²) in [6, 6.07) is 7.93. The van der Waals surface area contributed by atoms with Crippen LogP contribution in [0, 0.1) is 0 Å². The van der Waals surface area contributed by atoms with E-state index in [0.717, 1.165) is 38.4 Å². The molecular weight excluding hydrogens is 470 g/mol. The fourth-order valence-corrected chi connectivity index (χ4v) is 5.15. The third-order valence-electron chi connectivity index (χ3n) is 6.28. The quantitative estimate of drug-likeness (QED) is 0.290. The fraction of sp³-hybridized carbons (Fsp3) is 0.348. The van der Waals surface area contributed by atoms with E-state index in [1.807, 2.05) is 35.0 Å². The fourth-order valence-electron chi connectivity index (χ4n) is 4.33. The number of hydrogen-bond acceptors (Lipinski definition) is 8. The number of nitrogens with one attached hydrogen (secondary N) is 1. The van der Waals surface area contributed by atoms with E-state index in [-0.39, 0.29) is 23.2 Å². The lowest BCUT2D eigenvalue weighted by molar-refractivity contribution is 0.0953. The van der Waals surface area contributed by atoms with Gasteiger partial charge in [0.15, 0.2) is 16.8 Å². The van der Waals surface area contributed by atoms with Crippen molar-refractivity contribution >= 4 is 34.3 Å². The minimum absolute atomic E-state index is 0.0246. The lowest BCUT2D eigenvalue weighted by Crippen LogP contribution is -2.41. The van der Waals surface area contributed by atoms with Gasteiger partial charge in [-0.15, -0.1) is 10.2 Å². The van der Waals surface area contributed by atoms with Crippen LogP contribution in [0.3, 0.4) is 0 Å². The highest BCUT2D eigenvalue weighted by atomic mass is 32.2. The molecule has 1 fully saturated rings. The highest BCUT2D eigenvalue weighted by molar-refractivity contribution is 7.99. The maximum absolute atomic E-state index is 13.0. The van der Waals surface area contributed by atoms with Gasteiger partial charge in [0.2, 0.25) is 0 Å². The number of ketones is 1. The molecule has 0 unspecified atom stereocenters. The SMILES string of the molecule is Cn1c(N)c(C(=O)CSc2nnc(-c3c[nH]c4ccccc34)n2C[C@H]2CCCO2)c(=O)n(C)c1=O. The molecule has 35 heavy (non-hydrogen) atoms. The molecule has 0 radical (unpaired) electrons. The standard InChI is InChI=1S/C23H25N7O4S/c1-28-19(24)18(21(32)29(2)23(28)33)17(31)12-35-22-27-26-20(30(22)11-13-6-5-9-34-13)15-10-25-16-8-4-3-7-14(15)16/h3-4,7-8,10,13,25H,5-6,9,11-12,24H2,1-2H3/t13-/m1/s1. The van der Waals surface area contributed by atoms with Crippen LogP contribution in [0.2, 0.25) is 0 Å². The van der Waals surface area contributed by atoms with Gasteiger partial charge < -0.3 is 15.5 Å². The van der Waals surface area contributed by atoms with Crippen LogP contribution in [0.1, 0.15) is 23.2 Å². The molecule has 1 aliphatic rings. The van der Waals surface area contributed by atoms with Gasteiger partial charge in [-0.3, -0.25) is 23.3 Å². The van der Waals surface area contributed by atoms with Crippen LogP contribution in [-0.4, -0.2) is 53.1 Å². The Labute approximate surface area is 203 Å². The second-order valence-corrected chi connectivity index (χ2v) is 9.42. The smallest absolute Gasteiger partial charge is 0.332 e. The van der Waals surface area contributed by atoms with Gasteiger partial charge >= 0.3 is 5.69 Å². The molecule has 4 heterocycles. The van der Waals surface area contributed by atoms with E-state index >= 15 is 0 Å². The number of nitrogens with two attached hydrogens (primary N) is 1. The summed E-state index contributed by atoms with van der Waals surface area (Å²) in [6.45, 7) is 1.26. The van der Waals surface area contributed by atoms with Crippen molar-refractivity contribution in [1.29, 1.82) is 0 Å². The molecule has 12 heteroatoms. The lowest BCUT2D eigenvalue weighted by Gasteiger charge is -2.14. The van der Waals surface area contributed by atoms with Crippen molar-refractivity contribution in [2.24, 2.45) is 14.1 Å². The van der Waals surface area contributed by atoms with Gasteiger partial charge in [-0.1, -0.05) is 30.0 Å². The molecule has 11 nitrogen and oxygen atoms in total. The van der Waals surface area contributed by atoms with Crippen molar-refractivity contribution in [3.63, 3.8) is 0 Å². The number of ether oxygens (including phenoxy) is 1. The highest BCUT2D eigenvalue weighted by Crippen LogP contribution is 2.31. The predicted molar refractivity (Wildman–Crippen MR) is 133 cm³/mol. The number of para-hydroxylation sites is 1. The van der Waals surface area contributed by atoms with Crippen LogP contribution < -0.4 is 17.0 Å². The number of carbonyl (C=O) groups is 1. The summed E-state index contributed by atoms with van der Waals surface area (Å²) in [6.07, 6.45) is 3.84. The molecule has 182 valence electrons. The summed E-state index contributed by atoms with van der Waals surface area (Å²) in [5, 5.41) is 10.4. The highest BCUT2D eigenvalue weighted by Gasteiger charge is 2.25. The Kier molecular flexibility index (Phi) is 6.07. The van der Waals surface area contributed by atoms with Crippen molar-refractivity contribution in [2.75, 3.05) is 18.1 Å². The first kappa shape index (κ1) is 23.1. The number of rotatable bonds is 7. The normalized spacial score (nSPS) is 15.8. The number of anilines is 1. The van der Waals surface area contributed by atoms with E-state index in [1.54, 1.807) is 0 Å². The molecule has 0 amide bonds. The van der Waals surface area contributed by atoms with E-state index in [1.165, 1.54) is 25.9 Å². The van der Waals surface area contributed by atoms with Gasteiger partial charge in [0, 0.05) is 43.4 Å². The Balaban J connectivity index is 1.48. The Morgan fingerprint density at radius 1 is 1.23 bits per heavy atom. The van der Waals surface area contributed by atoms with Gasteiger partial charge in [0.05, 0.1) is 18.4 Å². The summed E-state index contributed by atoms with van der Waals surface area (Å²) >= 11 is 1.17. The summed E-state index contributed by atoms with van der Waals surface area (Å²) in [4.78, 5) is 40.9. The minimum atomic E-state index is -0.712. The molecule has 5 rings (SSSR count). The molecule has 1 saturated heterocycles. The largest absolute Gasteiger partial charge is 0.384 e. The Morgan fingerprint density at radius 2 is 2.03 bits per heavy atom. The molecular formula is C23H25N7O4S. The number of Topliss-reactive ketones (excluding diaryl/α,β-unsaturated/α-hetero) is 1. The second-order valence-electron chi connectivity index (χ2n) is 8.48. The van der Waals surface area contributed by atoms with Gasteiger partial charge in [0.1, 0.15) is 11.4 Å². The van der Waals surface area contributed by atoms with Gasteiger partial charge in [-0.2, -0.15) is 0 Å². The summed E-state index contributed by atoms with van der Waals surface area (Å²) in [7, 11) is 2.74. The molecule has 0 spiro atoms. The van der Waals surface area contributed by atoms with E-state index in [9.17, 15) is 14.4 Å². The molecule has 1 atom stereocenters. The van der Waals surface area contributed by atoms with Crippen LogP contribution in [-0.2, 0) is 25.4 Å². The third-order valence-corrected chi connectivity index (χ3v) is 7.25. The number of benzene rings is 1. The van der Waals surface area contributed by atoms with Crippen molar-refractivity contribution in [3.05, 3.63) is 56.9 Å². The average Bonchev–Trinajstić information content (AvgIpc) is 3.61. The number of thioether (sulfide) groups is 1. The number of carbonyl (C=O) groups excluding carboxylic acids is 1. The number of H-pyrrole nitrogens is 1. The zero-order valence-corrected chi connectivity index (χ0v) is 20.2. The molecule has 3 aromatic heterocycles. The van der Waals surface area contributed by atoms with Crippen LogP contribution in [0.4, 0.5) is 5.82 Å². The van der Waals surface area contributed by atoms with Gasteiger partial charge in [0.25, 0.3) is 5.56 Å². The van der Waals surface area contributed by atoms with E-state index < -0.39 is 17.0 Å². The monoisotopic (exact) mass is 495 g/mol. The molecule has 0 saturated carbocycles. The molecule has 3 N–H and O–H groups in total. The maximum atomic E-state index is 13.0. The van der Waals surface area contributed by atoms with Crippen molar-refractivity contribution in [1.82, 2.24) is 28.9 Å². The first-order valence-corrected chi connectivity index (χ1v) is 12.2. The number of nitrogen functional groups attached to an aromatic ring is 1. The third kappa shape index (κ3) is 4.08. The number of fused-ring (bicyclic) bond motifs is 1. The van der Waals surface area contributed by atoms with Gasteiger partial charge in [-0.25, -0.2) is 4.79 Å². The van der Waals surface area contributed by atoms with Crippen molar-refractivity contribution in [3.8, 4) is 11.4 Å². The molecule has 0 bridgehead atoms. The topological polar surface area (TPSA) is 143 Å². The van der Waals surface area contributed by atoms with E-state index in [0.29, 0.717) is 24.1 Å². The first-order valence-electron chi connectivity index (χ1n) is 11.2. The van der Waals surface area contributed by atoms with Crippen LogP contribution in [0.15, 0.2) is 45.2 Å². The summed E-state index contributed by atoms with van der Waals surface area (Å²) in [5.74, 6) is -0.0479. The second kappa shape index (κ2) is 9.19. The number of aromatic nitrogens is 6. The molecule has 1 aliphatic heterocycles. The number of nitrogens with zero attached hydrogens (tertiary/aromatic N) is 5. The molecule has 4 aromatic rings. The Morgan fingerprint density at radius 3 is 2.80 bits per heavy atom. The minimum Gasteiger partial charge on any atom is -0.384 e. The Hall–Kier alpha value is -3.64. The lowest BCUT2D eigenvalue weighted by atomic mass is 10.1. The van der Waals surface area contributed by atoms with Crippen molar-refractivity contribution < 1.29 is 9.53 Å².